The molecule has 1 aromatic heterocycles. The normalized spacial score (nSPS) is 19.2. The maximum Gasteiger partial charge on any atom is 0.104 e. The van der Waals surface area contributed by atoms with E-state index in [-0.39, 0.29) is 13.2 Å². The van der Waals surface area contributed by atoms with E-state index in [0.717, 1.165) is 38.2 Å². The first kappa shape index (κ1) is 16.5. The highest BCUT2D eigenvalue weighted by Crippen LogP contribution is 2.16. The van der Waals surface area contributed by atoms with Crippen LogP contribution in [0.5, 0.6) is 0 Å². The first-order valence-corrected chi connectivity index (χ1v) is 8.44. The van der Waals surface area contributed by atoms with Gasteiger partial charge in [0.15, 0.2) is 0 Å². The van der Waals surface area contributed by atoms with Gasteiger partial charge in [-0.2, -0.15) is 0 Å². The molecule has 1 aliphatic heterocycles. The van der Waals surface area contributed by atoms with Gasteiger partial charge in [-0.3, -0.25) is 4.90 Å². The van der Waals surface area contributed by atoms with Crippen molar-refractivity contribution in [2.45, 2.75) is 31.8 Å². The molecule has 5 heteroatoms. The van der Waals surface area contributed by atoms with Crippen LogP contribution in [0.25, 0.3) is 0 Å². The fraction of sp³-hybridized carbons (Fsp3) is 0.625. The van der Waals surface area contributed by atoms with Crippen LogP contribution in [0.15, 0.2) is 11.4 Å². The maximum absolute atomic E-state index is 9.38. The van der Waals surface area contributed by atoms with Gasteiger partial charge < -0.3 is 15.5 Å². The molecule has 116 valence electrons. The molecule has 1 aliphatic rings. The highest BCUT2D eigenvalue weighted by atomic mass is 32.1. The van der Waals surface area contributed by atoms with E-state index in [2.05, 4.69) is 28.1 Å². The van der Waals surface area contributed by atoms with Crippen molar-refractivity contribution in [1.82, 2.24) is 10.2 Å². The molecule has 0 bridgehead atoms. The Morgan fingerprint density at radius 2 is 2.29 bits per heavy atom. The van der Waals surface area contributed by atoms with E-state index >= 15 is 0 Å². The number of aliphatic hydroxyl groups is 2. The fourth-order valence-electron chi connectivity index (χ4n) is 2.68. The molecule has 0 amide bonds. The van der Waals surface area contributed by atoms with Crippen molar-refractivity contribution in [1.29, 1.82) is 0 Å². The van der Waals surface area contributed by atoms with Gasteiger partial charge in [0.05, 0.1) is 6.61 Å². The molecule has 21 heavy (non-hydrogen) atoms. The van der Waals surface area contributed by atoms with Crippen LogP contribution >= 0.6 is 11.3 Å². The summed E-state index contributed by atoms with van der Waals surface area (Å²) < 4.78 is 0. The van der Waals surface area contributed by atoms with Crippen LogP contribution in [0.4, 0.5) is 0 Å². The summed E-state index contributed by atoms with van der Waals surface area (Å²) in [5.74, 6) is 5.58. The van der Waals surface area contributed by atoms with Crippen LogP contribution in [-0.4, -0.2) is 54.0 Å². The third-order valence-electron chi connectivity index (χ3n) is 3.80. The molecule has 0 unspecified atom stereocenters. The summed E-state index contributed by atoms with van der Waals surface area (Å²) in [5.41, 5.74) is 0.974. The van der Waals surface area contributed by atoms with Crippen LogP contribution in [0.3, 0.4) is 0 Å². The Kier molecular flexibility index (Phi) is 7.20. The average molecular weight is 308 g/mol. The topological polar surface area (TPSA) is 55.7 Å². The van der Waals surface area contributed by atoms with Crippen LogP contribution in [-0.2, 0) is 6.54 Å². The number of hydrogen-bond acceptors (Lipinski definition) is 5. The highest BCUT2D eigenvalue weighted by molar-refractivity contribution is 7.10. The number of hydrogen-bond donors (Lipinski definition) is 3. The third-order valence-corrected chi connectivity index (χ3v) is 4.74. The van der Waals surface area contributed by atoms with E-state index in [0.29, 0.717) is 6.04 Å². The van der Waals surface area contributed by atoms with E-state index in [1.165, 1.54) is 17.7 Å². The minimum Gasteiger partial charge on any atom is -0.395 e. The van der Waals surface area contributed by atoms with Crippen molar-refractivity contribution >= 4 is 11.3 Å². The third kappa shape index (κ3) is 5.42. The lowest BCUT2D eigenvalue weighted by Gasteiger charge is -2.34. The lowest BCUT2D eigenvalue weighted by Crippen LogP contribution is -2.44. The summed E-state index contributed by atoms with van der Waals surface area (Å²) in [6.07, 6.45) is 3.60. The van der Waals surface area contributed by atoms with Crippen molar-refractivity contribution in [2.75, 3.05) is 32.8 Å². The number of nitrogens with zero attached hydrogens (tertiary/aromatic N) is 1. The van der Waals surface area contributed by atoms with Crippen molar-refractivity contribution in [3.63, 3.8) is 0 Å². The zero-order valence-electron chi connectivity index (χ0n) is 12.3. The second kappa shape index (κ2) is 9.19. The summed E-state index contributed by atoms with van der Waals surface area (Å²) in [5, 5.41) is 23.5. The quantitative estimate of drug-likeness (QED) is 0.543. The maximum atomic E-state index is 9.38. The summed E-state index contributed by atoms with van der Waals surface area (Å²) in [6.45, 7) is 4.07. The summed E-state index contributed by atoms with van der Waals surface area (Å²) in [4.78, 5) is 3.65. The molecule has 0 aliphatic carbocycles. The van der Waals surface area contributed by atoms with Crippen LogP contribution in [0.2, 0.25) is 0 Å². The van der Waals surface area contributed by atoms with Gasteiger partial charge in [-0.1, -0.05) is 18.3 Å². The highest BCUT2D eigenvalue weighted by Gasteiger charge is 2.20. The van der Waals surface area contributed by atoms with Gasteiger partial charge in [0.2, 0.25) is 0 Å². The first-order chi connectivity index (χ1) is 10.3. The number of piperidine rings is 1. The lowest BCUT2D eigenvalue weighted by molar-refractivity contribution is 0.0910. The predicted molar refractivity (Wildman–Crippen MR) is 86.3 cm³/mol. The second-order valence-corrected chi connectivity index (χ2v) is 6.30. The molecule has 0 saturated carbocycles. The smallest absolute Gasteiger partial charge is 0.104 e. The van der Waals surface area contributed by atoms with Crippen molar-refractivity contribution < 1.29 is 10.2 Å². The number of rotatable bonds is 6. The molecular formula is C16H24N2O2S. The Hall–Kier alpha value is -0.900. The molecule has 0 radical (unpaired) electrons. The van der Waals surface area contributed by atoms with E-state index in [1.54, 1.807) is 11.3 Å². The molecule has 0 spiro atoms. The minimum absolute atomic E-state index is 0.0920. The van der Waals surface area contributed by atoms with E-state index in [4.69, 9.17) is 5.11 Å². The van der Waals surface area contributed by atoms with Crippen LogP contribution in [0, 0.1) is 11.8 Å². The molecule has 3 N–H and O–H groups in total. The Morgan fingerprint density at radius 1 is 1.38 bits per heavy atom. The molecule has 4 nitrogen and oxygen atoms in total. The summed E-state index contributed by atoms with van der Waals surface area (Å²) in [6, 6.07) is 2.42. The SMILES string of the molecule is OCC#Cc1csc(CNCCN2CCCC[C@@H]2CO)c1. The second-order valence-electron chi connectivity index (χ2n) is 5.31. The molecule has 1 saturated heterocycles. The molecule has 1 fully saturated rings. The van der Waals surface area contributed by atoms with E-state index in [9.17, 15) is 5.11 Å². The van der Waals surface area contributed by atoms with Gasteiger partial charge in [-0.15, -0.1) is 11.3 Å². The van der Waals surface area contributed by atoms with Gasteiger partial charge in [0.1, 0.15) is 6.61 Å². The van der Waals surface area contributed by atoms with E-state index in [1.807, 2.05) is 5.38 Å². The largest absolute Gasteiger partial charge is 0.395 e. The first-order valence-electron chi connectivity index (χ1n) is 7.56. The van der Waals surface area contributed by atoms with Gasteiger partial charge in [-0.05, 0) is 25.5 Å². The zero-order valence-corrected chi connectivity index (χ0v) is 13.2. The minimum atomic E-state index is -0.0920. The monoisotopic (exact) mass is 308 g/mol. The summed E-state index contributed by atoms with van der Waals surface area (Å²) >= 11 is 1.69. The van der Waals surface area contributed by atoms with Crippen molar-refractivity contribution in [3.05, 3.63) is 21.9 Å². The van der Waals surface area contributed by atoms with Crippen molar-refractivity contribution in [2.24, 2.45) is 0 Å². The Balaban J connectivity index is 1.68. The molecule has 2 heterocycles. The average Bonchev–Trinajstić information content (AvgIpc) is 2.97. The molecule has 1 atom stereocenters. The van der Waals surface area contributed by atoms with Gasteiger partial charge in [-0.25, -0.2) is 0 Å². The standard InChI is InChI=1S/C16H24N2O2S/c19-9-3-4-14-10-16(21-13-14)11-17-6-8-18-7-2-1-5-15(18)12-20/h10,13,15,17,19-20H,1-2,5-9,11-12H2/t15-/m1/s1. The van der Waals surface area contributed by atoms with Gasteiger partial charge in [0, 0.05) is 41.5 Å². The fourth-order valence-corrected chi connectivity index (χ4v) is 3.46. The molecule has 0 aromatic carbocycles. The van der Waals surface area contributed by atoms with Crippen LogP contribution in [0.1, 0.15) is 29.7 Å². The lowest BCUT2D eigenvalue weighted by atomic mass is 10.0. The number of aliphatic hydroxyl groups excluding tert-OH is 2. The number of nitrogens with one attached hydrogen (secondary N) is 1. The van der Waals surface area contributed by atoms with E-state index < -0.39 is 0 Å². The number of thiophene rings is 1. The van der Waals surface area contributed by atoms with Gasteiger partial charge >= 0.3 is 0 Å². The van der Waals surface area contributed by atoms with Crippen LogP contribution < -0.4 is 5.32 Å². The Morgan fingerprint density at radius 3 is 3.10 bits per heavy atom. The summed E-state index contributed by atoms with van der Waals surface area (Å²) in [7, 11) is 0. The van der Waals surface area contributed by atoms with Crippen molar-refractivity contribution in [3.8, 4) is 11.8 Å². The molecule has 1 aromatic rings. The Labute approximate surface area is 130 Å². The molecule has 2 rings (SSSR count). The Bertz CT molecular complexity index is 478. The molecular weight excluding hydrogens is 284 g/mol. The zero-order chi connectivity index (χ0) is 14.9. The number of likely N-dealkylation sites (tertiary alicyclic amines) is 1. The predicted octanol–water partition coefficient (Wildman–Crippen LogP) is 1.03. The van der Waals surface area contributed by atoms with Gasteiger partial charge in [0.25, 0.3) is 0 Å².